The van der Waals surface area contributed by atoms with Crippen molar-refractivity contribution in [2.75, 3.05) is 13.7 Å². The number of amides is 1. The molecule has 0 radical (unpaired) electrons. The van der Waals surface area contributed by atoms with Gasteiger partial charge in [-0.05, 0) is 111 Å². The molecule has 200 valence electrons. The van der Waals surface area contributed by atoms with E-state index in [1.807, 2.05) is 0 Å². The van der Waals surface area contributed by atoms with Crippen LogP contribution in [0, 0.1) is 46.3 Å². The lowest BCUT2D eigenvalue weighted by molar-refractivity contribution is -0.174. The Kier molecular flexibility index (Phi) is 8.22. The lowest BCUT2D eigenvalue weighted by Gasteiger charge is -2.62. The number of aliphatic hydroxyl groups is 2. The predicted octanol–water partition coefficient (Wildman–Crippen LogP) is 4.46. The molecule has 0 bridgehead atoms. The Morgan fingerprint density at radius 3 is 2.46 bits per heavy atom. The van der Waals surface area contributed by atoms with E-state index in [0.717, 1.165) is 32.1 Å². The third kappa shape index (κ3) is 5.16. The Hall–Kier alpha value is -1.14. The number of fused-ring (bicyclic) bond motifs is 5. The normalized spacial score (nSPS) is 43.4. The lowest BCUT2D eigenvalue weighted by atomic mass is 9.43. The summed E-state index contributed by atoms with van der Waals surface area (Å²) in [6, 6.07) is 0. The second-order valence-electron chi connectivity index (χ2n) is 13.0. The summed E-state index contributed by atoms with van der Waals surface area (Å²) in [6.45, 7) is 7.80. The summed E-state index contributed by atoms with van der Waals surface area (Å²) < 4.78 is 4.64. The van der Waals surface area contributed by atoms with E-state index in [-0.39, 0.29) is 34.9 Å². The summed E-state index contributed by atoms with van der Waals surface area (Å²) in [4.78, 5) is 23.6. The number of ether oxygens (including phenoxy) is 1. The third-order valence-corrected chi connectivity index (χ3v) is 11.3. The van der Waals surface area contributed by atoms with Gasteiger partial charge in [-0.3, -0.25) is 9.59 Å². The molecule has 3 unspecified atom stereocenters. The van der Waals surface area contributed by atoms with Crippen molar-refractivity contribution in [1.29, 1.82) is 0 Å². The molecule has 4 fully saturated rings. The fraction of sp³-hybridized carbons (Fsp3) is 0.931. The molecule has 1 amide bonds. The summed E-state index contributed by atoms with van der Waals surface area (Å²) in [7, 11) is 1.39. The Balaban J connectivity index is 1.34. The molecule has 6 heteroatoms. The molecule has 6 nitrogen and oxygen atoms in total. The van der Waals surface area contributed by atoms with E-state index in [1.165, 1.54) is 32.8 Å². The highest BCUT2D eigenvalue weighted by Gasteiger charge is 2.62. The van der Waals surface area contributed by atoms with Crippen molar-refractivity contribution in [3.8, 4) is 0 Å². The van der Waals surface area contributed by atoms with Crippen LogP contribution in [0.15, 0.2) is 0 Å². The molecule has 0 spiro atoms. The molecule has 0 heterocycles. The number of rotatable bonds is 8. The van der Waals surface area contributed by atoms with Crippen LogP contribution in [-0.2, 0) is 14.3 Å². The molecule has 0 saturated heterocycles. The Morgan fingerprint density at radius 1 is 1.00 bits per heavy atom. The zero-order valence-corrected chi connectivity index (χ0v) is 22.4. The number of hydrogen-bond donors (Lipinski definition) is 3. The van der Waals surface area contributed by atoms with Crippen LogP contribution in [0.25, 0.3) is 0 Å². The average Bonchev–Trinajstić information content (AvgIpc) is 3.18. The van der Waals surface area contributed by atoms with Gasteiger partial charge in [-0.1, -0.05) is 20.8 Å². The van der Waals surface area contributed by atoms with Gasteiger partial charge in [-0.15, -0.1) is 0 Å². The molecule has 0 aromatic rings. The third-order valence-electron chi connectivity index (χ3n) is 11.3. The Morgan fingerprint density at radius 2 is 1.71 bits per heavy atom. The molecule has 4 saturated carbocycles. The van der Waals surface area contributed by atoms with E-state index in [1.54, 1.807) is 0 Å². The second kappa shape index (κ2) is 10.7. The molecule has 10 atom stereocenters. The molecule has 0 aliphatic heterocycles. The summed E-state index contributed by atoms with van der Waals surface area (Å²) in [5, 5.41) is 24.6. The van der Waals surface area contributed by atoms with Crippen molar-refractivity contribution >= 4 is 11.9 Å². The van der Waals surface area contributed by atoms with Gasteiger partial charge in [0.25, 0.3) is 0 Å². The highest BCUT2D eigenvalue weighted by Crippen LogP contribution is 2.68. The first-order chi connectivity index (χ1) is 16.6. The summed E-state index contributed by atoms with van der Waals surface area (Å²) in [6.07, 6.45) is 10.5. The zero-order valence-electron chi connectivity index (χ0n) is 22.4. The molecule has 0 aromatic carbocycles. The van der Waals surface area contributed by atoms with E-state index < -0.39 is 0 Å². The number of carbonyl (C=O) groups is 2. The molecule has 4 aliphatic rings. The Bertz CT molecular complexity index is 772. The molecule has 0 aromatic heterocycles. The van der Waals surface area contributed by atoms with Gasteiger partial charge < -0.3 is 20.3 Å². The summed E-state index contributed by atoms with van der Waals surface area (Å²) in [5.74, 6) is 2.91. The van der Waals surface area contributed by atoms with Gasteiger partial charge in [0.05, 0.1) is 19.3 Å². The molecule has 4 rings (SSSR count). The average molecular weight is 492 g/mol. The quantitative estimate of drug-likeness (QED) is 0.344. The second-order valence-corrected chi connectivity index (χ2v) is 13.0. The Labute approximate surface area is 212 Å². The van der Waals surface area contributed by atoms with Crippen LogP contribution < -0.4 is 5.32 Å². The van der Waals surface area contributed by atoms with Crippen LogP contribution in [0.2, 0.25) is 0 Å². The highest BCUT2D eigenvalue weighted by molar-refractivity contribution is 5.76. The largest absolute Gasteiger partial charge is 0.469 e. The number of aliphatic hydroxyl groups excluding tert-OH is 2. The van der Waals surface area contributed by atoms with Crippen LogP contribution in [0.4, 0.5) is 0 Å². The predicted molar refractivity (Wildman–Crippen MR) is 135 cm³/mol. The number of esters is 1. The topological polar surface area (TPSA) is 95.9 Å². The van der Waals surface area contributed by atoms with Gasteiger partial charge in [0, 0.05) is 19.4 Å². The molecule has 3 N–H and O–H groups in total. The fourth-order valence-electron chi connectivity index (χ4n) is 9.39. The van der Waals surface area contributed by atoms with Crippen LogP contribution in [0.3, 0.4) is 0 Å². The van der Waals surface area contributed by atoms with Crippen LogP contribution in [0.1, 0.15) is 97.8 Å². The van der Waals surface area contributed by atoms with Crippen molar-refractivity contribution in [2.24, 2.45) is 46.3 Å². The first-order valence-electron chi connectivity index (χ1n) is 14.3. The first-order valence-corrected chi connectivity index (χ1v) is 14.3. The van der Waals surface area contributed by atoms with E-state index in [9.17, 15) is 19.8 Å². The van der Waals surface area contributed by atoms with Gasteiger partial charge in [0.15, 0.2) is 0 Å². The first kappa shape index (κ1) is 26.9. The highest BCUT2D eigenvalue weighted by atomic mass is 16.5. The minimum absolute atomic E-state index is 0.0753. The van der Waals surface area contributed by atoms with E-state index in [2.05, 4.69) is 30.8 Å². The van der Waals surface area contributed by atoms with Crippen LogP contribution in [0.5, 0.6) is 0 Å². The van der Waals surface area contributed by atoms with Crippen molar-refractivity contribution in [1.82, 2.24) is 5.32 Å². The van der Waals surface area contributed by atoms with Crippen molar-refractivity contribution < 1.29 is 24.5 Å². The monoisotopic (exact) mass is 491 g/mol. The van der Waals surface area contributed by atoms with Crippen molar-refractivity contribution in [2.45, 2.75) is 110 Å². The molecular formula is C29H49NO5. The van der Waals surface area contributed by atoms with Gasteiger partial charge in [-0.2, -0.15) is 0 Å². The van der Waals surface area contributed by atoms with E-state index in [4.69, 9.17) is 0 Å². The number of hydrogen-bond acceptors (Lipinski definition) is 5. The standard InChI is InChI=1S/C29H49NO5/c1-18(7-10-25(33)30-15-5-6-26(34)35-4)21-8-9-22-27-23(12-14-29(21,22)3)28(2)13-11-20(31)16-19(28)17-24(27)32/h18-24,27,31-32H,5-17H2,1-4H3,(H,30,33)/t18-,19+,20-,21?,22?,23?,24+,27+,28+,29-/m1/s1. The van der Waals surface area contributed by atoms with Crippen molar-refractivity contribution in [3.63, 3.8) is 0 Å². The summed E-state index contributed by atoms with van der Waals surface area (Å²) >= 11 is 0. The number of nitrogens with one attached hydrogen (secondary N) is 1. The summed E-state index contributed by atoms with van der Waals surface area (Å²) in [5.41, 5.74) is 0.510. The van der Waals surface area contributed by atoms with E-state index in [0.29, 0.717) is 61.3 Å². The molecular weight excluding hydrogens is 442 g/mol. The maximum Gasteiger partial charge on any atom is 0.305 e. The molecule has 4 aliphatic carbocycles. The van der Waals surface area contributed by atoms with Gasteiger partial charge >= 0.3 is 5.97 Å². The zero-order chi connectivity index (χ0) is 25.4. The smallest absolute Gasteiger partial charge is 0.305 e. The SMILES string of the molecule is COC(=O)CCCNC(=O)CC[C@@H](C)C1CCC2[C@H]3C(CC[C@@]21C)[C@@]1(C)CC[C@@H](O)C[C@H]1C[C@@H]3O. The van der Waals surface area contributed by atoms with E-state index >= 15 is 0 Å². The molecule has 35 heavy (non-hydrogen) atoms. The maximum absolute atomic E-state index is 12.4. The van der Waals surface area contributed by atoms with Gasteiger partial charge in [-0.25, -0.2) is 0 Å². The van der Waals surface area contributed by atoms with Crippen LogP contribution in [-0.4, -0.2) is 48.0 Å². The van der Waals surface area contributed by atoms with Gasteiger partial charge in [0.2, 0.25) is 5.91 Å². The minimum Gasteiger partial charge on any atom is -0.469 e. The number of methoxy groups -OCH3 is 1. The lowest BCUT2D eigenvalue weighted by Crippen LogP contribution is -2.58. The van der Waals surface area contributed by atoms with Crippen LogP contribution >= 0.6 is 0 Å². The maximum atomic E-state index is 12.4. The number of carbonyl (C=O) groups excluding carboxylic acids is 2. The van der Waals surface area contributed by atoms with Crippen molar-refractivity contribution in [3.05, 3.63) is 0 Å². The fourth-order valence-corrected chi connectivity index (χ4v) is 9.39. The minimum atomic E-state index is -0.238. The van der Waals surface area contributed by atoms with Gasteiger partial charge in [0.1, 0.15) is 0 Å².